The second-order valence-corrected chi connectivity index (χ2v) is 6.08. The lowest BCUT2D eigenvalue weighted by Crippen LogP contribution is -2.21. The molecule has 7 nitrogen and oxygen atoms in total. The molecule has 1 N–H and O–H groups in total. The number of amides is 1. The van der Waals surface area contributed by atoms with Gasteiger partial charge in [-0.25, -0.2) is 13.8 Å². The summed E-state index contributed by atoms with van der Waals surface area (Å²) in [5, 5.41) is 7.88. The molecule has 0 saturated carbocycles. The number of anilines is 1. The van der Waals surface area contributed by atoms with Crippen LogP contribution in [0.2, 0.25) is 0 Å². The Labute approximate surface area is 144 Å². The van der Waals surface area contributed by atoms with E-state index in [9.17, 15) is 18.8 Å². The highest BCUT2D eigenvalue weighted by molar-refractivity contribution is 7.13. The highest BCUT2D eigenvalue weighted by Crippen LogP contribution is 2.22. The predicted molar refractivity (Wildman–Crippen MR) is 89.1 cm³/mol. The Bertz CT molecular complexity index is 991. The van der Waals surface area contributed by atoms with E-state index < -0.39 is 23.9 Å². The smallest absolute Gasteiger partial charge is 0.326 e. The molecule has 0 saturated heterocycles. The maximum absolute atomic E-state index is 14.2. The maximum Gasteiger partial charge on any atom is 0.442 e. The fourth-order valence-electron chi connectivity index (χ4n) is 2.24. The number of aromatic nitrogens is 2. The van der Waals surface area contributed by atoms with Crippen LogP contribution in [0.5, 0.6) is 0 Å². The number of nitrogens with one attached hydrogen (secondary N) is 1. The summed E-state index contributed by atoms with van der Waals surface area (Å²) in [7, 11) is 0. The Balaban J connectivity index is 1.88. The lowest BCUT2D eigenvalue weighted by atomic mass is 10.1. The second kappa shape index (κ2) is 6.81. The zero-order valence-corrected chi connectivity index (χ0v) is 13.8. The van der Waals surface area contributed by atoms with E-state index in [-0.39, 0.29) is 23.0 Å². The number of Topliss-reactive ketones (excluding diaryl/α,β-unsaturated/α-hetero) is 1. The van der Waals surface area contributed by atoms with Crippen LogP contribution in [0.15, 0.2) is 45.0 Å². The highest BCUT2D eigenvalue weighted by atomic mass is 32.1. The van der Waals surface area contributed by atoms with Gasteiger partial charge in [0, 0.05) is 12.6 Å². The molecule has 0 aliphatic heterocycles. The molecule has 0 aliphatic carbocycles. The molecule has 128 valence electrons. The minimum atomic E-state index is -0.799. The van der Waals surface area contributed by atoms with Crippen LogP contribution in [-0.2, 0) is 11.3 Å². The summed E-state index contributed by atoms with van der Waals surface area (Å²) < 4.78 is 19.8. The first-order valence-corrected chi connectivity index (χ1v) is 8.04. The zero-order valence-electron chi connectivity index (χ0n) is 13.0. The zero-order chi connectivity index (χ0) is 18.0. The van der Waals surface area contributed by atoms with Crippen LogP contribution < -0.4 is 11.1 Å². The summed E-state index contributed by atoms with van der Waals surface area (Å²) in [5.74, 6) is -2.35. The van der Waals surface area contributed by atoms with Crippen molar-refractivity contribution in [3.8, 4) is 10.7 Å². The molecule has 1 aromatic carbocycles. The van der Waals surface area contributed by atoms with Crippen LogP contribution >= 0.6 is 11.3 Å². The number of carbonyl (C=O) groups excluding carboxylic acids is 2. The Morgan fingerprint density at radius 3 is 2.80 bits per heavy atom. The number of carbonyl (C=O) groups is 2. The van der Waals surface area contributed by atoms with Crippen LogP contribution in [0.1, 0.15) is 17.3 Å². The topological polar surface area (TPSA) is 94.2 Å². The predicted octanol–water partition coefficient (Wildman–Crippen LogP) is 2.55. The van der Waals surface area contributed by atoms with Crippen LogP contribution in [-0.4, -0.2) is 21.4 Å². The van der Waals surface area contributed by atoms with E-state index in [1.807, 2.05) is 0 Å². The lowest BCUT2D eigenvalue weighted by molar-refractivity contribution is -0.114. The molecule has 2 heterocycles. The molecule has 0 bridgehead atoms. The number of thiophene rings is 1. The molecule has 2 aromatic heterocycles. The minimum absolute atomic E-state index is 0.195. The van der Waals surface area contributed by atoms with Crippen molar-refractivity contribution in [2.45, 2.75) is 13.5 Å². The summed E-state index contributed by atoms with van der Waals surface area (Å²) in [6.45, 7) is 0.882. The first-order valence-electron chi connectivity index (χ1n) is 7.16. The summed E-state index contributed by atoms with van der Waals surface area (Å²) >= 11 is 1.33. The van der Waals surface area contributed by atoms with Gasteiger partial charge in [0.2, 0.25) is 5.91 Å². The summed E-state index contributed by atoms with van der Waals surface area (Å²) in [5.41, 5.74) is 0.0438. The highest BCUT2D eigenvalue weighted by Gasteiger charge is 2.19. The molecule has 1 amide bonds. The Morgan fingerprint density at radius 2 is 2.16 bits per heavy atom. The van der Waals surface area contributed by atoms with Gasteiger partial charge in [-0.1, -0.05) is 11.2 Å². The third-order valence-electron chi connectivity index (χ3n) is 3.32. The third kappa shape index (κ3) is 3.56. The molecular weight excluding hydrogens is 349 g/mol. The van der Waals surface area contributed by atoms with Gasteiger partial charge in [0.05, 0.1) is 17.0 Å². The number of hydrogen-bond acceptors (Lipinski definition) is 6. The monoisotopic (exact) mass is 361 g/mol. The van der Waals surface area contributed by atoms with Gasteiger partial charge in [0.25, 0.3) is 0 Å². The van der Waals surface area contributed by atoms with Crippen molar-refractivity contribution in [2.75, 3.05) is 5.32 Å². The minimum Gasteiger partial charge on any atom is -0.326 e. The van der Waals surface area contributed by atoms with Gasteiger partial charge in [0.15, 0.2) is 11.6 Å². The van der Waals surface area contributed by atoms with E-state index in [2.05, 4.69) is 15.0 Å². The van der Waals surface area contributed by atoms with E-state index in [4.69, 9.17) is 0 Å². The molecule has 0 spiro atoms. The molecule has 3 aromatic rings. The van der Waals surface area contributed by atoms with Gasteiger partial charge in [-0.2, -0.15) is 0 Å². The molecule has 9 heteroatoms. The SMILES string of the molecule is CC(=O)Nc1ccc(C(=O)Cn2c(-c3cccs3)noc2=O)c(F)c1. The first kappa shape index (κ1) is 16.8. The Morgan fingerprint density at radius 1 is 1.36 bits per heavy atom. The largest absolute Gasteiger partial charge is 0.442 e. The fraction of sp³-hybridized carbons (Fsp3) is 0.125. The van der Waals surface area contributed by atoms with Gasteiger partial charge in [-0.15, -0.1) is 11.3 Å². The normalized spacial score (nSPS) is 10.6. The molecule has 25 heavy (non-hydrogen) atoms. The van der Waals surface area contributed by atoms with Crippen LogP contribution in [0.4, 0.5) is 10.1 Å². The standard InChI is InChI=1S/C16H12FN3O4S/c1-9(21)18-10-4-5-11(12(17)7-10)13(22)8-20-15(19-24-16(20)23)14-3-2-6-25-14/h2-7H,8H2,1H3,(H,18,21). The lowest BCUT2D eigenvalue weighted by Gasteiger charge is -2.07. The van der Waals surface area contributed by atoms with Gasteiger partial charge in [-0.05, 0) is 29.6 Å². The van der Waals surface area contributed by atoms with E-state index >= 15 is 0 Å². The Hall–Kier alpha value is -3.07. The van der Waals surface area contributed by atoms with E-state index in [0.717, 1.165) is 10.6 Å². The number of benzene rings is 1. The van der Waals surface area contributed by atoms with Crippen molar-refractivity contribution in [3.05, 3.63) is 57.6 Å². The van der Waals surface area contributed by atoms with Crippen molar-refractivity contribution in [2.24, 2.45) is 0 Å². The van der Waals surface area contributed by atoms with E-state index in [1.54, 1.807) is 17.5 Å². The van der Waals surface area contributed by atoms with Crippen molar-refractivity contribution >= 4 is 28.7 Å². The summed E-state index contributed by atoms with van der Waals surface area (Å²) in [6, 6.07) is 7.21. The molecule has 0 fully saturated rings. The van der Waals surface area contributed by atoms with E-state index in [1.165, 1.54) is 30.4 Å². The van der Waals surface area contributed by atoms with Crippen molar-refractivity contribution in [1.29, 1.82) is 0 Å². The Kier molecular flexibility index (Phi) is 4.57. The maximum atomic E-state index is 14.2. The van der Waals surface area contributed by atoms with Gasteiger partial charge < -0.3 is 5.32 Å². The fourth-order valence-corrected chi connectivity index (χ4v) is 2.96. The molecule has 0 atom stereocenters. The molecule has 0 radical (unpaired) electrons. The quantitative estimate of drug-likeness (QED) is 0.705. The summed E-state index contributed by atoms with van der Waals surface area (Å²) in [6.07, 6.45) is 0. The number of nitrogens with zero attached hydrogens (tertiary/aromatic N) is 2. The first-order chi connectivity index (χ1) is 12.0. The molecule has 0 unspecified atom stereocenters. The van der Waals surface area contributed by atoms with Gasteiger partial charge in [0.1, 0.15) is 5.82 Å². The van der Waals surface area contributed by atoms with E-state index in [0.29, 0.717) is 4.88 Å². The van der Waals surface area contributed by atoms with Crippen molar-refractivity contribution < 1.29 is 18.5 Å². The number of rotatable bonds is 5. The average Bonchev–Trinajstić information content (AvgIpc) is 3.17. The molecule has 3 rings (SSSR count). The number of ketones is 1. The van der Waals surface area contributed by atoms with Crippen molar-refractivity contribution in [3.63, 3.8) is 0 Å². The van der Waals surface area contributed by atoms with Gasteiger partial charge >= 0.3 is 5.76 Å². The van der Waals surface area contributed by atoms with Crippen LogP contribution in [0, 0.1) is 5.82 Å². The number of halogens is 1. The van der Waals surface area contributed by atoms with Crippen LogP contribution in [0.25, 0.3) is 10.7 Å². The van der Waals surface area contributed by atoms with Crippen LogP contribution in [0.3, 0.4) is 0 Å². The summed E-state index contributed by atoms with van der Waals surface area (Å²) in [4.78, 5) is 35.8. The van der Waals surface area contributed by atoms with Crippen molar-refractivity contribution in [1.82, 2.24) is 9.72 Å². The molecule has 0 aliphatic rings. The van der Waals surface area contributed by atoms with Gasteiger partial charge in [-0.3, -0.25) is 14.1 Å². The third-order valence-corrected chi connectivity index (χ3v) is 4.19. The second-order valence-electron chi connectivity index (χ2n) is 5.13. The number of hydrogen-bond donors (Lipinski definition) is 1. The average molecular weight is 361 g/mol. The molecular formula is C16H12FN3O4S.